The standard InChI is InChI=1S/C17H23ClN4OS/c18-14-7-6-8-15(13-14)22-16(21-9-2-3-10-21)19-20-17(22)24-12-5-1-4-11-23/h6-8,13,23H,1-5,9-12H2. The van der Waals surface area contributed by atoms with E-state index < -0.39 is 0 Å². The molecule has 0 aliphatic carbocycles. The highest BCUT2D eigenvalue weighted by Gasteiger charge is 2.22. The maximum Gasteiger partial charge on any atom is 0.232 e. The Morgan fingerprint density at radius 1 is 1.12 bits per heavy atom. The van der Waals surface area contributed by atoms with Gasteiger partial charge < -0.3 is 10.0 Å². The molecule has 0 spiro atoms. The number of halogens is 1. The number of nitrogens with zero attached hydrogens (tertiary/aromatic N) is 4. The number of hydrogen-bond acceptors (Lipinski definition) is 5. The minimum Gasteiger partial charge on any atom is -0.396 e. The third kappa shape index (κ3) is 4.23. The maximum atomic E-state index is 8.87. The second-order valence-electron chi connectivity index (χ2n) is 5.92. The van der Waals surface area contributed by atoms with Gasteiger partial charge in [0.25, 0.3) is 0 Å². The fourth-order valence-electron chi connectivity index (χ4n) is 2.87. The van der Waals surface area contributed by atoms with Gasteiger partial charge in [-0.3, -0.25) is 4.57 Å². The Kier molecular flexibility index (Phi) is 6.40. The third-order valence-electron chi connectivity index (χ3n) is 4.11. The lowest BCUT2D eigenvalue weighted by Crippen LogP contribution is -2.22. The Morgan fingerprint density at radius 3 is 2.71 bits per heavy atom. The fourth-order valence-corrected chi connectivity index (χ4v) is 4.00. The van der Waals surface area contributed by atoms with Gasteiger partial charge in [0.2, 0.25) is 5.95 Å². The Bertz CT molecular complexity index is 658. The van der Waals surface area contributed by atoms with E-state index >= 15 is 0 Å². The highest BCUT2D eigenvalue weighted by atomic mass is 35.5. The van der Waals surface area contributed by atoms with Crippen molar-refractivity contribution in [2.75, 3.05) is 30.3 Å². The van der Waals surface area contributed by atoms with Crippen molar-refractivity contribution in [3.63, 3.8) is 0 Å². The molecule has 1 aliphatic heterocycles. The number of anilines is 1. The van der Waals surface area contributed by atoms with E-state index in [0.717, 1.165) is 54.9 Å². The molecule has 1 saturated heterocycles. The van der Waals surface area contributed by atoms with Crippen LogP contribution in [-0.2, 0) is 0 Å². The molecule has 2 aromatic rings. The first kappa shape index (κ1) is 17.6. The summed E-state index contributed by atoms with van der Waals surface area (Å²) in [5.41, 5.74) is 1.01. The lowest BCUT2D eigenvalue weighted by atomic mass is 10.3. The largest absolute Gasteiger partial charge is 0.396 e. The van der Waals surface area contributed by atoms with Crippen molar-refractivity contribution in [3.8, 4) is 5.69 Å². The van der Waals surface area contributed by atoms with Gasteiger partial charge in [-0.1, -0.05) is 35.9 Å². The number of benzene rings is 1. The van der Waals surface area contributed by atoms with Gasteiger partial charge >= 0.3 is 0 Å². The van der Waals surface area contributed by atoms with Crippen molar-refractivity contribution in [1.82, 2.24) is 14.8 Å². The average molecular weight is 367 g/mol. The third-order valence-corrected chi connectivity index (χ3v) is 5.36. The normalized spacial score (nSPS) is 14.5. The number of aliphatic hydroxyl groups excluding tert-OH is 1. The van der Waals surface area contributed by atoms with Gasteiger partial charge in [-0.05, 0) is 43.9 Å². The van der Waals surface area contributed by atoms with Crippen molar-refractivity contribution in [2.24, 2.45) is 0 Å². The molecule has 5 nitrogen and oxygen atoms in total. The van der Waals surface area contributed by atoms with Crippen molar-refractivity contribution < 1.29 is 5.11 Å². The van der Waals surface area contributed by atoms with Crippen molar-refractivity contribution in [3.05, 3.63) is 29.3 Å². The summed E-state index contributed by atoms with van der Waals surface area (Å²) in [5.74, 6) is 1.88. The molecule has 1 aliphatic rings. The van der Waals surface area contributed by atoms with Gasteiger partial charge in [0.05, 0.1) is 5.69 Å². The summed E-state index contributed by atoms with van der Waals surface area (Å²) in [5, 5.41) is 19.4. The molecule has 130 valence electrons. The van der Waals surface area contributed by atoms with Gasteiger partial charge in [0, 0.05) is 30.5 Å². The first-order chi connectivity index (χ1) is 11.8. The SMILES string of the molecule is OCCCCCSc1nnc(N2CCCC2)n1-c1cccc(Cl)c1. The first-order valence-electron chi connectivity index (χ1n) is 8.49. The number of aliphatic hydroxyl groups is 1. The molecular weight excluding hydrogens is 344 g/mol. The van der Waals surface area contributed by atoms with E-state index in [0.29, 0.717) is 5.02 Å². The molecule has 1 aromatic heterocycles. The number of hydrogen-bond donors (Lipinski definition) is 1. The summed E-state index contributed by atoms with van der Waals surface area (Å²) in [6.07, 6.45) is 5.36. The lowest BCUT2D eigenvalue weighted by molar-refractivity contribution is 0.284. The van der Waals surface area contributed by atoms with E-state index in [2.05, 4.69) is 19.7 Å². The fraction of sp³-hybridized carbons (Fsp3) is 0.529. The molecule has 3 rings (SSSR count). The molecule has 1 N–H and O–H groups in total. The zero-order valence-corrected chi connectivity index (χ0v) is 15.3. The number of unbranched alkanes of at least 4 members (excludes halogenated alkanes) is 2. The van der Waals surface area contributed by atoms with E-state index in [9.17, 15) is 0 Å². The predicted octanol–water partition coefficient (Wildman–Crippen LogP) is 3.78. The van der Waals surface area contributed by atoms with Crippen LogP contribution < -0.4 is 4.90 Å². The zero-order chi connectivity index (χ0) is 16.8. The molecule has 7 heteroatoms. The Labute approximate surface area is 152 Å². The minimum atomic E-state index is 0.266. The molecule has 2 heterocycles. The molecular formula is C17H23ClN4OS. The van der Waals surface area contributed by atoms with Crippen LogP contribution in [-0.4, -0.2) is 45.3 Å². The molecule has 1 aromatic carbocycles. The summed E-state index contributed by atoms with van der Waals surface area (Å²) in [6, 6.07) is 7.85. The number of rotatable bonds is 8. The van der Waals surface area contributed by atoms with Crippen LogP contribution in [0.15, 0.2) is 29.4 Å². The Morgan fingerprint density at radius 2 is 1.96 bits per heavy atom. The summed E-state index contributed by atoms with van der Waals surface area (Å²) < 4.78 is 2.12. The van der Waals surface area contributed by atoms with Crippen molar-refractivity contribution in [2.45, 2.75) is 37.3 Å². The maximum absolute atomic E-state index is 8.87. The summed E-state index contributed by atoms with van der Waals surface area (Å²) in [6.45, 7) is 2.32. The Hall–Kier alpha value is -1.24. The second kappa shape index (κ2) is 8.74. The van der Waals surface area contributed by atoms with Gasteiger partial charge in [-0.2, -0.15) is 0 Å². The Balaban J connectivity index is 1.82. The highest BCUT2D eigenvalue weighted by Crippen LogP contribution is 2.30. The molecule has 1 fully saturated rings. The van der Waals surface area contributed by atoms with Crippen LogP contribution in [0.4, 0.5) is 5.95 Å². The van der Waals surface area contributed by atoms with Gasteiger partial charge in [0.1, 0.15) is 0 Å². The van der Waals surface area contributed by atoms with Crippen molar-refractivity contribution in [1.29, 1.82) is 0 Å². The molecule has 0 radical (unpaired) electrons. The quantitative estimate of drug-likeness (QED) is 0.569. The van der Waals surface area contributed by atoms with E-state index in [1.807, 2.05) is 24.3 Å². The van der Waals surface area contributed by atoms with E-state index in [1.165, 1.54) is 12.8 Å². The molecule has 0 saturated carbocycles. The average Bonchev–Trinajstić information content (AvgIpc) is 3.24. The van der Waals surface area contributed by atoms with Gasteiger partial charge in [-0.25, -0.2) is 0 Å². The molecule has 0 bridgehead atoms. The van der Waals surface area contributed by atoms with Gasteiger partial charge in [-0.15, -0.1) is 10.2 Å². The zero-order valence-electron chi connectivity index (χ0n) is 13.7. The van der Waals surface area contributed by atoms with Crippen LogP contribution in [0.25, 0.3) is 5.69 Å². The van der Waals surface area contributed by atoms with Crippen LogP contribution in [0.1, 0.15) is 32.1 Å². The van der Waals surface area contributed by atoms with E-state index in [4.69, 9.17) is 16.7 Å². The van der Waals surface area contributed by atoms with Crippen molar-refractivity contribution >= 4 is 29.3 Å². The molecule has 0 amide bonds. The summed E-state index contributed by atoms with van der Waals surface area (Å²) in [4.78, 5) is 2.30. The minimum absolute atomic E-state index is 0.266. The monoisotopic (exact) mass is 366 g/mol. The molecule has 0 atom stereocenters. The summed E-state index contributed by atoms with van der Waals surface area (Å²) >= 11 is 7.91. The van der Waals surface area contributed by atoms with E-state index in [1.54, 1.807) is 11.8 Å². The van der Waals surface area contributed by atoms with Crippen LogP contribution in [0.5, 0.6) is 0 Å². The van der Waals surface area contributed by atoms with Crippen LogP contribution >= 0.6 is 23.4 Å². The lowest BCUT2D eigenvalue weighted by Gasteiger charge is -2.18. The summed E-state index contributed by atoms with van der Waals surface area (Å²) in [7, 11) is 0. The topological polar surface area (TPSA) is 54.2 Å². The highest BCUT2D eigenvalue weighted by molar-refractivity contribution is 7.99. The van der Waals surface area contributed by atoms with Crippen LogP contribution in [0.2, 0.25) is 5.02 Å². The smallest absolute Gasteiger partial charge is 0.232 e. The molecule has 0 unspecified atom stereocenters. The van der Waals surface area contributed by atoms with E-state index in [-0.39, 0.29) is 6.61 Å². The van der Waals surface area contributed by atoms with Gasteiger partial charge in [0.15, 0.2) is 5.16 Å². The van der Waals surface area contributed by atoms with Crippen LogP contribution in [0.3, 0.4) is 0 Å². The van der Waals surface area contributed by atoms with Crippen LogP contribution in [0, 0.1) is 0 Å². The first-order valence-corrected chi connectivity index (χ1v) is 9.86. The predicted molar refractivity (Wildman–Crippen MR) is 99.5 cm³/mol. The number of thioether (sulfide) groups is 1. The molecule has 24 heavy (non-hydrogen) atoms. The second-order valence-corrected chi connectivity index (χ2v) is 7.42. The number of aromatic nitrogens is 3.